The molecule has 1 atom stereocenters. The fourth-order valence-corrected chi connectivity index (χ4v) is 6.06. The fourth-order valence-electron chi connectivity index (χ4n) is 5.07. The number of carbonyl (C=O) groups is 1. The summed E-state index contributed by atoms with van der Waals surface area (Å²) in [6.45, 7) is 10.5. The summed E-state index contributed by atoms with van der Waals surface area (Å²) >= 11 is 1.58. The second-order valence-corrected chi connectivity index (χ2v) is 12.3. The number of piperazine rings is 1. The van der Waals surface area contributed by atoms with Gasteiger partial charge in [-0.15, -0.1) is 11.3 Å². The lowest BCUT2D eigenvalue weighted by atomic mass is 10.1. The zero-order chi connectivity index (χ0) is 27.2. The molecule has 0 spiro atoms. The largest absolute Gasteiger partial charge is 0.444 e. The molecule has 2 aromatic heterocycles. The Morgan fingerprint density at radius 2 is 1.68 bits per heavy atom. The van der Waals surface area contributed by atoms with E-state index in [1.807, 2.05) is 69.0 Å². The van der Waals surface area contributed by atoms with Gasteiger partial charge in [0, 0.05) is 55.4 Å². The Hall–Kier alpha value is -3.01. The topological polar surface area (TPSA) is 48.9 Å². The molecule has 1 aromatic carbocycles. The Morgan fingerprint density at radius 3 is 2.29 bits per heavy atom. The zero-order valence-corrected chi connectivity index (χ0v) is 23.0. The summed E-state index contributed by atoms with van der Waals surface area (Å²) in [5.41, 5.74) is 3.85. The third kappa shape index (κ3) is 5.70. The number of aryl methyl sites for hydroxylation is 1. The zero-order valence-electron chi connectivity index (χ0n) is 22.1. The second-order valence-electron chi connectivity index (χ2n) is 11.1. The predicted octanol–water partition coefficient (Wildman–Crippen LogP) is 6.72. The first kappa shape index (κ1) is 26.6. The molecule has 0 N–H and O–H groups in total. The molecule has 38 heavy (non-hydrogen) atoms. The molecular weight excluding hydrogens is 513 g/mol. The van der Waals surface area contributed by atoms with Gasteiger partial charge in [-0.1, -0.05) is 12.1 Å². The van der Waals surface area contributed by atoms with E-state index in [9.17, 15) is 18.0 Å². The van der Waals surface area contributed by atoms with E-state index in [2.05, 4.69) is 4.90 Å². The average Bonchev–Trinajstić information content (AvgIpc) is 3.49. The highest BCUT2D eigenvalue weighted by molar-refractivity contribution is 7.19. The van der Waals surface area contributed by atoms with Crippen LogP contribution in [-0.2, 0) is 4.74 Å². The van der Waals surface area contributed by atoms with Crippen LogP contribution in [0, 0.1) is 12.8 Å². The first-order valence-electron chi connectivity index (χ1n) is 12.9. The van der Waals surface area contributed by atoms with Gasteiger partial charge in [0.25, 0.3) is 0 Å². The molecule has 2 aliphatic rings. The lowest BCUT2D eigenvalue weighted by Crippen LogP contribution is -2.50. The van der Waals surface area contributed by atoms with Crippen molar-refractivity contribution in [2.75, 3.05) is 49.1 Å². The van der Waals surface area contributed by atoms with E-state index in [1.54, 1.807) is 16.2 Å². The number of hydrogen-bond acceptors (Lipinski definition) is 6. The van der Waals surface area contributed by atoms with Crippen molar-refractivity contribution in [1.29, 1.82) is 0 Å². The minimum Gasteiger partial charge on any atom is -0.444 e. The molecule has 1 amide bonds. The highest BCUT2D eigenvalue weighted by Gasteiger charge is 2.44. The van der Waals surface area contributed by atoms with Gasteiger partial charge in [-0.05, 0) is 58.4 Å². The number of nitrogens with zero attached hydrogens (tertiary/aromatic N) is 4. The number of benzene rings is 1. The second kappa shape index (κ2) is 9.94. The van der Waals surface area contributed by atoms with E-state index < -0.39 is 17.7 Å². The summed E-state index contributed by atoms with van der Waals surface area (Å²) in [5, 5.41) is 0. The maximum atomic E-state index is 13.4. The molecule has 2 fully saturated rings. The number of aromatic nitrogens is 1. The Labute approximate surface area is 225 Å². The van der Waals surface area contributed by atoms with Crippen molar-refractivity contribution in [2.45, 2.75) is 45.9 Å². The highest BCUT2D eigenvalue weighted by atomic mass is 32.1. The monoisotopic (exact) mass is 546 g/mol. The number of alkyl halides is 3. The number of rotatable bonds is 3. The van der Waals surface area contributed by atoms with Crippen molar-refractivity contribution in [2.24, 2.45) is 5.92 Å². The van der Waals surface area contributed by atoms with Crippen LogP contribution in [0.3, 0.4) is 0 Å². The lowest BCUT2D eigenvalue weighted by Gasteiger charge is -2.36. The van der Waals surface area contributed by atoms with E-state index >= 15 is 0 Å². The average molecular weight is 547 g/mol. The Bertz CT molecular complexity index is 1310. The van der Waals surface area contributed by atoms with Crippen molar-refractivity contribution in [3.8, 4) is 11.3 Å². The molecule has 2 aliphatic heterocycles. The molecular formula is C28H33F3N4O2S. The van der Waals surface area contributed by atoms with Crippen LogP contribution in [0.15, 0.2) is 36.4 Å². The summed E-state index contributed by atoms with van der Waals surface area (Å²) in [4.78, 5) is 24.1. The van der Waals surface area contributed by atoms with Crippen molar-refractivity contribution in [1.82, 2.24) is 9.88 Å². The maximum Gasteiger partial charge on any atom is 0.410 e. The number of anilines is 2. The SMILES string of the molecule is Cc1cc2nc(-c3ccc(N4CCN(C(=O)OC(C)(C)C)CC4)cc3)cc(N3CCC(C(F)(F)F)C3)c2s1. The number of hydrogen-bond donors (Lipinski definition) is 0. The summed E-state index contributed by atoms with van der Waals surface area (Å²) in [5.74, 6) is -1.30. The quantitative estimate of drug-likeness (QED) is 0.365. The minimum atomic E-state index is -4.18. The third-order valence-corrected chi connectivity index (χ3v) is 8.10. The molecule has 4 heterocycles. The van der Waals surface area contributed by atoms with Crippen LogP contribution < -0.4 is 9.80 Å². The van der Waals surface area contributed by atoms with Crippen molar-refractivity contribution >= 4 is 39.0 Å². The molecule has 2 saturated heterocycles. The summed E-state index contributed by atoms with van der Waals surface area (Å²) in [6.07, 6.45) is -4.35. The standard InChI is InChI=1S/C28H33F3N4O2S/c1-18-15-23-25(38-18)24(35-10-9-20(17-35)28(29,30)31)16-22(32-23)19-5-7-21(8-6-19)33-11-13-34(14-12-33)26(36)37-27(2,3)4/h5-8,15-16,20H,9-14,17H2,1-4H3. The maximum absolute atomic E-state index is 13.4. The van der Waals surface area contributed by atoms with E-state index in [1.165, 1.54) is 0 Å². The summed E-state index contributed by atoms with van der Waals surface area (Å²) in [6, 6.07) is 12.0. The van der Waals surface area contributed by atoms with Gasteiger partial charge in [0.1, 0.15) is 5.60 Å². The van der Waals surface area contributed by atoms with E-state index in [0.717, 1.165) is 37.7 Å². The van der Waals surface area contributed by atoms with E-state index in [0.29, 0.717) is 32.7 Å². The van der Waals surface area contributed by atoms with Crippen LogP contribution in [0.5, 0.6) is 0 Å². The number of amides is 1. The molecule has 0 saturated carbocycles. The molecule has 0 aliphatic carbocycles. The number of fused-ring (bicyclic) bond motifs is 1. The van der Waals surface area contributed by atoms with Gasteiger partial charge >= 0.3 is 12.3 Å². The molecule has 0 radical (unpaired) electrons. The molecule has 0 bridgehead atoms. The first-order valence-corrected chi connectivity index (χ1v) is 13.8. The van der Waals surface area contributed by atoms with Crippen molar-refractivity contribution in [3.05, 3.63) is 41.3 Å². The Morgan fingerprint density at radius 1 is 1.00 bits per heavy atom. The normalized spacial score (nSPS) is 18.9. The van der Waals surface area contributed by atoms with Crippen molar-refractivity contribution < 1.29 is 22.7 Å². The third-order valence-electron chi connectivity index (χ3n) is 7.03. The summed E-state index contributed by atoms with van der Waals surface area (Å²) < 4.78 is 46.5. The lowest BCUT2D eigenvalue weighted by molar-refractivity contribution is -0.168. The molecule has 204 valence electrons. The fraction of sp³-hybridized carbons (Fsp3) is 0.500. The van der Waals surface area contributed by atoms with Crippen LogP contribution in [-0.4, -0.2) is 67.0 Å². The van der Waals surface area contributed by atoms with Gasteiger partial charge in [-0.2, -0.15) is 13.2 Å². The van der Waals surface area contributed by atoms with Crippen LogP contribution >= 0.6 is 11.3 Å². The smallest absolute Gasteiger partial charge is 0.410 e. The predicted molar refractivity (Wildman–Crippen MR) is 146 cm³/mol. The van der Waals surface area contributed by atoms with Gasteiger partial charge in [-0.3, -0.25) is 0 Å². The molecule has 5 rings (SSSR count). The number of halogens is 3. The van der Waals surface area contributed by atoms with Gasteiger partial charge in [0.2, 0.25) is 0 Å². The van der Waals surface area contributed by atoms with E-state index in [4.69, 9.17) is 9.72 Å². The van der Waals surface area contributed by atoms with Crippen LogP contribution in [0.25, 0.3) is 21.5 Å². The van der Waals surface area contributed by atoms with Gasteiger partial charge in [0.15, 0.2) is 0 Å². The van der Waals surface area contributed by atoms with Crippen molar-refractivity contribution in [3.63, 3.8) is 0 Å². The molecule has 6 nitrogen and oxygen atoms in total. The molecule has 1 unspecified atom stereocenters. The van der Waals surface area contributed by atoms with Gasteiger partial charge in [-0.25, -0.2) is 9.78 Å². The highest BCUT2D eigenvalue weighted by Crippen LogP contribution is 2.41. The van der Waals surface area contributed by atoms with Crippen LogP contribution in [0.2, 0.25) is 0 Å². The van der Waals surface area contributed by atoms with E-state index in [-0.39, 0.29) is 19.1 Å². The number of thiophene rings is 1. The first-order chi connectivity index (χ1) is 17.9. The van der Waals surface area contributed by atoms with Gasteiger partial charge < -0.3 is 19.4 Å². The minimum absolute atomic E-state index is 0.0206. The van der Waals surface area contributed by atoms with Gasteiger partial charge in [0.05, 0.1) is 27.5 Å². The Kier molecular flexibility index (Phi) is 6.96. The Balaban J connectivity index is 1.33. The van der Waals surface area contributed by atoms with Crippen LogP contribution in [0.4, 0.5) is 29.3 Å². The molecule has 10 heteroatoms. The number of pyridine rings is 1. The van der Waals surface area contributed by atoms with Crippen LogP contribution in [0.1, 0.15) is 32.1 Å². The molecule has 3 aromatic rings. The number of ether oxygens (including phenoxy) is 1. The number of carbonyl (C=O) groups excluding carboxylic acids is 1. The summed E-state index contributed by atoms with van der Waals surface area (Å²) in [7, 11) is 0.